The third kappa shape index (κ3) is 3.19. The highest BCUT2D eigenvalue weighted by molar-refractivity contribution is 5.97. The van der Waals surface area contributed by atoms with E-state index in [0.717, 1.165) is 23.2 Å². The minimum atomic E-state index is 0.0923. The molecule has 3 heteroatoms. The molecule has 3 nitrogen and oxygen atoms in total. The van der Waals surface area contributed by atoms with Gasteiger partial charge in [-0.25, -0.2) is 4.98 Å². The maximum absolute atomic E-state index is 11.8. The number of hydrogen-bond donors (Lipinski definition) is 0. The number of benzene rings is 1. The van der Waals surface area contributed by atoms with Gasteiger partial charge < -0.3 is 4.40 Å². The van der Waals surface area contributed by atoms with Crippen LogP contribution in [0.25, 0.3) is 5.52 Å². The fourth-order valence-electron chi connectivity index (χ4n) is 2.35. The van der Waals surface area contributed by atoms with Crippen molar-refractivity contribution in [3.05, 3.63) is 71.8 Å². The third-order valence-electron chi connectivity index (χ3n) is 3.28. The molecule has 0 aliphatic rings. The third-order valence-corrected chi connectivity index (χ3v) is 3.28. The number of carbonyl (C=O) groups excluding carboxylic acids is 1. The summed E-state index contributed by atoms with van der Waals surface area (Å²) in [4.78, 5) is 15.9. The fourth-order valence-corrected chi connectivity index (χ4v) is 2.35. The lowest BCUT2D eigenvalue weighted by Crippen LogP contribution is -2.01. The number of carbonyl (C=O) groups is 1. The van der Waals surface area contributed by atoms with Gasteiger partial charge in [-0.3, -0.25) is 4.79 Å². The fraction of sp³-hybridized carbons (Fsp3) is 0.222. The molecule has 0 fully saturated rings. The molecular weight excluding hydrogens is 260 g/mol. The molecule has 0 radical (unpaired) electrons. The Morgan fingerprint density at radius 2 is 1.86 bits per heavy atom. The van der Waals surface area contributed by atoms with Crippen molar-refractivity contribution in [1.82, 2.24) is 9.38 Å². The molecule has 0 atom stereocenters. The summed E-state index contributed by atoms with van der Waals surface area (Å²) in [6, 6.07) is 14.0. The zero-order chi connectivity index (χ0) is 15.2. The average molecular weight is 280 g/mol. The van der Waals surface area contributed by atoms with Gasteiger partial charge in [-0.2, -0.15) is 0 Å². The quantitative estimate of drug-likeness (QED) is 0.675. The molecule has 2 aromatic heterocycles. The van der Waals surface area contributed by atoms with Crippen LogP contribution in [0.4, 0.5) is 0 Å². The summed E-state index contributed by atoms with van der Waals surface area (Å²) in [6.07, 6.45) is 4.24. The Balaban J connectivity index is 0.000000774. The van der Waals surface area contributed by atoms with Gasteiger partial charge in [0.2, 0.25) is 0 Å². The van der Waals surface area contributed by atoms with E-state index in [1.54, 1.807) is 19.4 Å². The van der Waals surface area contributed by atoms with Gasteiger partial charge in [0.05, 0.1) is 6.33 Å². The summed E-state index contributed by atoms with van der Waals surface area (Å²) in [6.45, 7) is 5.61. The van der Waals surface area contributed by atoms with E-state index in [0.29, 0.717) is 0 Å². The van der Waals surface area contributed by atoms with Crippen LogP contribution < -0.4 is 0 Å². The highest BCUT2D eigenvalue weighted by Gasteiger charge is 2.13. The van der Waals surface area contributed by atoms with Gasteiger partial charge >= 0.3 is 0 Å². The van der Waals surface area contributed by atoms with E-state index in [9.17, 15) is 4.79 Å². The summed E-state index contributed by atoms with van der Waals surface area (Å²) in [7, 11) is 0. The van der Waals surface area contributed by atoms with Crippen LogP contribution in [0, 0.1) is 0 Å². The van der Waals surface area contributed by atoms with E-state index >= 15 is 0 Å². The maximum Gasteiger partial charge on any atom is 0.161 e. The number of hydrogen-bond acceptors (Lipinski definition) is 2. The van der Waals surface area contributed by atoms with E-state index < -0.39 is 0 Å². The Morgan fingerprint density at radius 1 is 1.14 bits per heavy atom. The van der Waals surface area contributed by atoms with Crippen molar-refractivity contribution in [2.75, 3.05) is 0 Å². The Hall–Kier alpha value is -2.42. The number of rotatable bonds is 3. The summed E-state index contributed by atoms with van der Waals surface area (Å²) < 4.78 is 1.99. The molecule has 0 N–H and O–H groups in total. The van der Waals surface area contributed by atoms with E-state index in [2.05, 4.69) is 17.1 Å². The molecule has 1 aromatic carbocycles. The highest BCUT2D eigenvalue weighted by atomic mass is 16.1. The second-order valence-corrected chi connectivity index (χ2v) is 4.60. The Morgan fingerprint density at radius 3 is 2.52 bits per heavy atom. The average Bonchev–Trinajstić information content (AvgIpc) is 2.90. The maximum atomic E-state index is 11.8. The zero-order valence-corrected chi connectivity index (χ0v) is 12.7. The monoisotopic (exact) mass is 280 g/mol. The predicted molar refractivity (Wildman–Crippen MR) is 85.8 cm³/mol. The molecule has 0 aliphatic carbocycles. The van der Waals surface area contributed by atoms with Gasteiger partial charge in [-0.15, -0.1) is 0 Å². The van der Waals surface area contributed by atoms with Crippen LogP contribution in [0.15, 0.2) is 55.0 Å². The minimum Gasteiger partial charge on any atom is -0.304 e. The molecule has 0 spiro atoms. The molecule has 0 saturated heterocycles. The van der Waals surface area contributed by atoms with Crippen molar-refractivity contribution in [1.29, 1.82) is 0 Å². The van der Waals surface area contributed by atoms with E-state index in [1.165, 1.54) is 5.56 Å². The van der Waals surface area contributed by atoms with Crippen LogP contribution in [-0.4, -0.2) is 15.2 Å². The van der Waals surface area contributed by atoms with E-state index in [4.69, 9.17) is 0 Å². The molecule has 0 unspecified atom stereocenters. The molecule has 3 rings (SSSR count). The molecule has 0 amide bonds. The summed E-state index contributed by atoms with van der Waals surface area (Å²) in [5.74, 6) is 0.0923. The van der Waals surface area contributed by atoms with Crippen LogP contribution in [0.5, 0.6) is 0 Å². The topological polar surface area (TPSA) is 34.4 Å². The second kappa shape index (κ2) is 6.84. The molecule has 0 aliphatic heterocycles. The van der Waals surface area contributed by atoms with E-state index in [-0.39, 0.29) is 5.78 Å². The summed E-state index contributed by atoms with van der Waals surface area (Å²) in [5, 5.41) is 0. The highest BCUT2D eigenvalue weighted by Crippen LogP contribution is 2.20. The van der Waals surface area contributed by atoms with Gasteiger partial charge in [-0.1, -0.05) is 44.2 Å². The first-order valence-corrected chi connectivity index (χ1v) is 7.24. The molecule has 2 heterocycles. The van der Waals surface area contributed by atoms with Gasteiger partial charge in [0.25, 0.3) is 0 Å². The lowest BCUT2D eigenvalue weighted by atomic mass is 10.1. The lowest BCUT2D eigenvalue weighted by Gasteiger charge is -2.05. The van der Waals surface area contributed by atoms with Crippen molar-refractivity contribution in [3.63, 3.8) is 0 Å². The minimum absolute atomic E-state index is 0.0923. The zero-order valence-electron chi connectivity index (χ0n) is 12.7. The van der Waals surface area contributed by atoms with Crippen molar-refractivity contribution < 1.29 is 4.79 Å². The first-order chi connectivity index (χ1) is 10.3. The molecule has 21 heavy (non-hydrogen) atoms. The van der Waals surface area contributed by atoms with Gasteiger partial charge in [0.15, 0.2) is 5.78 Å². The second-order valence-electron chi connectivity index (χ2n) is 4.60. The van der Waals surface area contributed by atoms with Crippen LogP contribution in [0.3, 0.4) is 0 Å². The number of Topliss-reactive ketones (excluding diaryl/α,β-unsaturated/α-hetero) is 1. The normalized spacial score (nSPS) is 10.0. The van der Waals surface area contributed by atoms with Crippen LogP contribution in [-0.2, 0) is 6.42 Å². The number of ketones is 1. The van der Waals surface area contributed by atoms with Crippen LogP contribution >= 0.6 is 0 Å². The number of aromatic nitrogens is 2. The van der Waals surface area contributed by atoms with Gasteiger partial charge in [-0.05, 0) is 24.6 Å². The van der Waals surface area contributed by atoms with Crippen LogP contribution in [0.2, 0.25) is 0 Å². The van der Waals surface area contributed by atoms with Crippen molar-refractivity contribution in [3.8, 4) is 0 Å². The SMILES string of the molecule is CC.CC(=O)c1cc2ccncn2c1Cc1ccccc1. The van der Waals surface area contributed by atoms with Gasteiger partial charge in [0.1, 0.15) is 0 Å². The van der Waals surface area contributed by atoms with Crippen molar-refractivity contribution in [2.24, 2.45) is 0 Å². The smallest absolute Gasteiger partial charge is 0.161 e. The molecule has 0 saturated carbocycles. The van der Waals surface area contributed by atoms with Gasteiger partial charge in [0, 0.05) is 29.4 Å². The Kier molecular flexibility index (Phi) is 4.88. The molecular formula is C18H20N2O. The molecule has 3 aromatic rings. The first kappa shape index (κ1) is 15.0. The Labute approximate surface area is 125 Å². The van der Waals surface area contributed by atoms with Crippen LogP contribution in [0.1, 0.15) is 42.4 Å². The molecule has 0 bridgehead atoms. The lowest BCUT2D eigenvalue weighted by molar-refractivity contribution is 0.101. The summed E-state index contributed by atoms with van der Waals surface area (Å²) in [5.41, 5.74) is 3.97. The Bertz CT molecular complexity index is 729. The standard InChI is InChI=1S/C16H14N2O.C2H6/c1-12(19)15-10-14-7-8-17-11-18(14)16(15)9-13-5-3-2-4-6-13;1-2/h2-8,10-11H,9H2,1H3;1-2H3. The van der Waals surface area contributed by atoms with Crippen molar-refractivity contribution >= 4 is 11.3 Å². The number of fused-ring (bicyclic) bond motifs is 1. The largest absolute Gasteiger partial charge is 0.304 e. The van der Waals surface area contributed by atoms with Crippen molar-refractivity contribution in [2.45, 2.75) is 27.2 Å². The predicted octanol–water partition coefficient (Wildman–Crippen LogP) is 4.15. The number of nitrogens with zero attached hydrogens (tertiary/aromatic N) is 2. The molecule has 108 valence electrons. The van der Waals surface area contributed by atoms with E-state index in [1.807, 2.05) is 48.6 Å². The summed E-state index contributed by atoms with van der Waals surface area (Å²) >= 11 is 0. The first-order valence-electron chi connectivity index (χ1n) is 7.24.